The molecule has 1 heterocycles. The third kappa shape index (κ3) is 5.60. The molecule has 0 aliphatic carbocycles. The molecule has 0 unspecified atom stereocenters. The molecule has 1 aromatic heterocycles. The van der Waals surface area contributed by atoms with Crippen LogP contribution in [0.25, 0.3) is 11.1 Å². The van der Waals surface area contributed by atoms with Gasteiger partial charge in [0.2, 0.25) is 0 Å². The Labute approximate surface area is 174 Å². The van der Waals surface area contributed by atoms with E-state index < -0.39 is 6.09 Å². The van der Waals surface area contributed by atoms with Gasteiger partial charge in [-0.15, -0.1) is 0 Å². The number of aryl methyl sites for hydroxylation is 1. The maximum absolute atomic E-state index is 12.3. The molecular formula is C22H24N4O4. The second kappa shape index (κ2) is 9.60. The van der Waals surface area contributed by atoms with Crippen LogP contribution in [-0.4, -0.2) is 47.8 Å². The Morgan fingerprint density at radius 3 is 2.67 bits per heavy atom. The summed E-state index contributed by atoms with van der Waals surface area (Å²) in [5.41, 5.74) is 4.08. The first-order valence-corrected chi connectivity index (χ1v) is 9.38. The number of carbonyl (C=O) groups is 2. The van der Waals surface area contributed by atoms with Gasteiger partial charge in [-0.3, -0.25) is 15.2 Å². The Bertz CT molecular complexity index is 1020. The number of ether oxygens (including phenoxy) is 2. The highest BCUT2D eigenvalue weighted by Gasteiger charge is 2.14. The van der Waals surface area contributed by atoms with Gasteiger partial charge in [0.1, 0.15) is 12.4 Å². The molecule has 3 aromatic rings. The number of carbonyl (C=O) groups excluding carboxylic acids is 2. The maximum Gasteiger partial charge on any atom is 0.412 e. The van der Waals surface area contributed by atoms with Crippen LogP contribution in [0.1, 0.15) is 11.1 Å². The number of nitrogens with one attached hydrogen (secondary N) is 2. The second-order valence-corrected chi connectivity index (χ2v) is 6.96. The van der Waals surface area contributed by atoms with Crippen LogP contribution < -0.4 is 10.1 Å². The van der Waals surface area contributed by atoms with Crippen molar-refractivity contribution in [2.45, 2.75) is 13.5 Å². The summed E-state index contributed by atoms with van der Waals surface area (Å²) < 4.78 is 11.0. The van der Waals surface area contributed by atoms with E-state index in [1.165, 1.54) is 4.90 Å². The summed E-state index contributed by atoms with van der Waals surface area (Å²) in [4.78, 5) is 25.7. The smallest absolute Gasteiger partial charge is 0.412 e. The van der Waals surface area contributed by atoms with Gasteiger partial charge < -0.3 is 14.4 Å². The topological polar surface area (TPSA) is 96.5 Å². The van der Waals surface area contributed by atoms with Gasteiger partial charge in [-0.25, -0.2) is 4.79 Å². The van der Waals surface area contributed by atoms with Gasteiger partial charge in [0.15, 0.2) is 6.61 Å². The molecule has 0 aliphatic rings. The van der Waals surface area contributed by atoms with E-state index in [-0.39, 0.29) is 19.1 Å². The first kappa shape index (κ1) is 20.9. The first-order valence-electron chi connectivity index (χ1n) is 9.38. The number of likely N-dealkylation sites (N-methyl/N-ethyl adjacent to an activating group) is 1. The Hall–Kier alpha value is -3.81. The van der Waals surface area contributed by atoms with Crippen molar-refractivity contribution < 1.29 is 19.1 Å². The predicted octanol–water partition coefficient (Wildman–Crippen LogP) is 3.60. The van der Waals surface area contributed by atoms with Crippen LogP contribution in [0.2, 0.25) is 0 Å². The van der Waals surface area contributed by atoms with Crippen molar-refractivity contribution in [1.82, 2.24) is 15.1 Å². The quantitative estimate of drug-likeness (QED) is 0.623. The van der Waals surface area contributed by atoms with Crippen molar-refractivity contribution in [3.63, 3.8) is 0 Å². The number of rotatable bonds is 7. The molecule has 156 valence electrons. The van der Waals surface area contributed by atoms with Crippen molar-refractivity contribution in [1.29, 1.82) is 0 Å². The zero-order valence-corrected chi connectivity index (χ0v) is 17.1. The van der Waals surface area contributed by atoms with Crippen molar-refractivity contribution in [2.75, 3.05) is 26.0 Å². The minimum absolute atomic E-state index is 0.149. The summed E-state index contributed by atoms with van der Waals surface area (Å²) >= 11 is 0. The Balaban J connectivity index is 1.72. The fourth-order valence-corrected chi connectivity index (χ4v) is 2.70. The van der Waals surface area contributed by atoms with E-state index in [1.54, 1.807) is 38.6 Å². The molecule has 0 saturated carbocycles. The van der Waals surface area contributed by atoms with Crippen molar-refractivity contribution in [3.05, 3.63) is 66.0 Å². The highest BCUT2D eigenvalue weighted by Crippen LogP contribution is 2.31. The Morgan fingerprint density at radius 2 is 1.97 bits per heavy atom. The fraction of sp³-hybridized carbons (Fsp3) is 0.227. The van der Waals surface area contributed by atoms with Crippen LogP contribution in [-0.2, 0) is 16.1 Å². The van der Waals surface area contributed by atoms with Crippen LogP contribution in [0.3, 0.4) is 0 Å². The number of H-pyrrole nitrogens is 1. The Morgan fingerprint density at radius 1 is 1.13 bits per heavy atom. The number of aromatic amines is 1. The summed E-state index contributed by atoms with van der Waals surface area (Å²) in [6.45, 7) is 1.97. The zero-order valence-electron chi connectivity index (χ0n) is 17.1. The number of hydrogen-bond donors (Lipinski definition) is 2. The summed E-state index contributed by atoms with van der Waals surface area (Å²) in [6.07, 6.45) is 2.80. The molecule has 0 saturated heterocycles. The lowest BCUT2D eigenvalue weighted by Crippen LogP contribution is -2.27. The molecule has 30 heavy (non-hydrogen) atoms. The van der Waals surface area contributed by atoms with E-state index in [4.69, 9.17) is 9.47 Å². The van der Waals surface area contributed by atoms with Crippen molar-refractivity contribution in [2.24, 2.45) is 0 Å². The molecule has 0 atom stereocenters. The standard InChI is InChI=1S/C22H24N4O4/c1-15-5-4-6-16(9-15)13-30-22(28)25-19-8-7-17(18-11-23-24-12-18)10-20(19)29-14-21(27)26(2)3/h4-12H,13-14H2,1-3H3,(H,23,24)(H,25,28). The number of nitrogens with zero attached hydrogens (tertiary/aromatic N) is 2. The Kier molecular flexibility index (Phi) is 6.69. The lowest BCUT2D eigenvalue weighted by Gasteiger charge is -2.15. The monoisotopic (exact) mass is 408 g/mol. The van der Waals surface area contributed by atoms with Gasteiger partial charge >= 0.3 is 6.09 Å². The van der Waals surface area contributed by atoms with Crippen molar-refractivity contribution in [3.8, 4) is 16.9 Å². The molecule has 0 fully saturated rings. The maximum atomic E-state index is 12.3. The molecule has 0 spiro atoms. The van der Waals surface area contributed by atoms with Gasteiger partial charge in [0, 0.05) is 25.9 Å². The average molecular weight is 408 g/mol. The molecule has 0 bridgehead atoms. The third-order valence-corrected chi connectivity index (χ3v) is 4.35. The van der Waals surface area contributed by atoms with E-state index in [0.29, 0.717) is 11.4 Å². The van der Waals surface area contributed by atoms with E-state index in [2.05, 4.69) is 15.5 Å². The lowest BCUT2D eigenvalue weighted by molar-refractivity contribution is -0.130. The van der Waals surface area contributed by atoms with Gasteiger partial charge in [-0.05, 0) is 30.2 Å². The highest BCUT2D eigenvalue weighted by atomic mass is 16.5. The first-order chi connectivity index (χ1) is 14.4. The van der Waals surface area contributed by atoms with Gasteiger partial charge in [0.25, 0.3) is 5.91 Å². The molecular weight excluding hydrogens is 384 g/mol. The van der Waals surface area contributed by atoms with Crippen LogP contribution in [0, 0.1) is 6.92 Å². The van der Waals surface area contributed by atoms with Crippen LogP contribution in [0.4, 0.5) is 10.5 Å². The van der Waals surface area contributed by atoms with Crippen LogP contribution in [0.5, 0.6) is 5.75 Å². The van der Waals surface area contributed by atoms with E-state index >= 15 is 0 Å². The lowest BCUT2D eigenvalue weighted by atomic mass is 10.1. The van der Waals surface area contributed by atoms with E-state index in [0.717, 1.165) is 22.3 Å². The van der Waals surface area contributed by atoms with Crippen molar-refractivity contribution >= 4 is 17.7 Å². The minimum atomic E-state index is -0.614. The predicted molar refractivity (Wildman–Crippen MR) is 113 cm³/mol. The number of amides is 2. The molecule has 2 amide bonds. The largest absolute Gasteiger partial charge is 0.482 e. The van der Waals surface area contributed by atoms with Gasteiger partial charge in [-0.1, -0.05) is 35.9 Å². The summed E-state index contributed by atoms with van der Waals surface area (Å²) in [5.74, 6) is 0.160. The molecule has 8 heteroatoms. The van der Waals surface area contributed by atoms with Crippen LogP contribution in [0.15, 0.2) is 54.9 Å². The average Bonchev–Trinajstić information content (AvgIpc) is 3.26. The minimum Gasteiger partial charge on any atom is -0.482 e. The fourth-order valence-electron chi connectivity index (χ4n) is 2.70. The van der Waals surface area contributed by atoms with Gasteiger partial charge in [0.05, 0.1) is 11.9 Å². The summed E-state index contributed by atoms with van der Waals surface area (Å²) in [5, 5.41) is 9.38. The molecule has 3 rings (SSSR count). The zero-order chi connectivity index (χ0) is 21.5. The summed E-state index contributed by atoms with van der Waals surface area (Å²) in [6, 6.07) is 13.0. The number of hydrogen-bond acceptors (Lipinski definition) is 5. The third-order valence-electron chi connectivity index (χ3n) is 4.35. The number of benzene rings is 2. The molecule has 2 aromatic carbocycles. The molecule has 0 radical (unpaired) electrons. The molecule has 2 N–H and O–H groups in total. The normalized spacial score (nSPS) is 10.4. The van der Waals surface area contributed by atoms with E-state index in [1.807, 2.05) is 37.3 Å². The summed E-state index contributed by atoms with van der Waals surface area (Å²) in [7, 11) is 3.30. The molecule has 8 nitrogen and oxygen atoms in total. The SMILES string of the molecule is Cc1cccc(COC(=O)Nc2ccc(-c3cn[nH]c3)cc2OCC(=O)N(C)C)c1. The van der Waals surface area contributed by atoms with Crippen LogP contribution >= 0.6 is 0 Å². The highest BCUT2D eigenvalue weighted by molar-refractivity contribution is 5.88. The second-order valence-electron chi connectivity index (χ2n) is 6.96. The van der Waals surface area contributed by atoms with Gasteiger partial charge in [-0.2, -0.15) is 5.10 Å². The molecule has 0 aliphatic heterocycles. The number of anilines is 1. The number of aromatic nitrogens is 2. The van der Waals surface area contributed by atoms with E-state index in [9.17, 15) is 9.59 Å².